The molecule has 0 aliphatic heterocycles. The van der Waals surface area contributed by atoms with Gasteiger partial charge >= 0.3 is 0 Å². The van der Waals surface area contributed by atoms with Crippen molar-refractivity contribution in [1.29, 1.82) is 0 Å². The number of nitrogens with one attached hydrogen (secondary N) is 2. The molecule has 3 rings (SSSR count). The monoisotopic (exact) mass is 401 g/mol. The van der Waals surface area contributed by atoms with Gasteiger partial charge in [-0.2, -0.15) is 0 Å². The van der Waals surface area contributed by atoms with Crippen LogP contribution in [-0.2, 0) is 11.2 Å². The van der Waals surface area contributed by atoms with Crippen molar-refractivity contribution >= 4 is 45.9 Å². The zero-order valence-electron chi connectivity index (χ0n) is 14.3. The lowest BCUT2D eigenvalue weighted by Gasteiger charge is -2.09. The number of nitrogens with zero attached hydrogens (tertiary/aromatic N) is 1. The van der Waals surface area contributed by atoms with Gasteiger partial charge in [-0.1, -0.05) is 47.5 Å². The number of rotatable bonds is 6. The van der Waals surface area contributed by atoms with Crippen molar-refractivity contribution in [2.24, 2.45) is 0 Å². The Kier molecular flexibility index (Phi) is 6.27. The molecule has 1 aromatic heterocycles. The number of carbonyl (C=O) groups excluding carboxylic acids is 2. The normalized spacial score (nSPS) is 10.6. The van der Waals surface area contributed by atoms with Crippen LogP contribution in [0.2, 0.25) is 10.0 Å². The summed E-state index contributed by atoms with van der Waals surface area (Å²) >= 11 is 11.8. The molecule has 0 bridgehead atoms. The molecule has 5 nitrogen and oxygen atoms in total. The SMILES string of the molecule is O=C(CNC(=O)c1ccc(Cl)cc1Cl)NCCc1cccc2cccnc12. The average molecular weight is 402 g/mol. The lowest BCUT2D eigenvalue weighted by Crippen LogP contribution is -2.37. The summed E-state index contributed by atoms with van der Waals surface area (Å²) in [4.78, 5) is 28.5. The second-order valence-corrected chi connectivity index (χ2v) is 6.74. The smallest absolute Gasteiger partial charge is 0.253 e. The summed E-state index contributed by atoms with van der Waals surface area (Å²) in [5.41, 5.74) is 2.26. The fourth-order valence-corrected chi connectivity index (χ4v) is 3.19. The van der Waals surface area contributed by atoms with Gasteiger partial charge in [0.15, 0.2) is 0 Å². The molecule has 7 heteroatoms. The minimum Gasteiger partial charge on any atom is -0.354 e. The van der Waals surface area contributed by atoms with Gasteiger partial charge in [-0.3, -0.25) is 14.6 Å². The molecule has 3 aromatic rings. The first-order valence-corrected chi connectivity index (χ1v) is 9.13. The molecule has 27 heavy (non-hydrogen) atoms. The number of fused-ring (bicyclic) bond motifs is 1. The zero-order chi connectivity index (χ0) is 19.2. The first-order chi connectivity index (χ1) is 13.0. The van der Waals surface area contributed by atoms with Gasteiger partial charge in [0.2, 0.25) is 5.91 Å². The van der Waals surface area contributed by atoms with Crippen LogP contribution in [0.4, 0.5) is 0 Å². The molecule has 0 atom stereocenters. The predicted molar refractivity (Wildman–Crippen MR) is 107 cm³/mol. The first kappa shape index (κ1) is 19.1. The van der Waals surface area contributed by atoms with E-state index in [1.807, 2.05) is 30.3 Å². The quantitative estimate of drug-likeness (QED) is 0.662. The summed E-state index contributed by atoms with van der Waals surface area (Å²) in [5, 5.41) is 7.08. The van der Waals surface area contributed by atoms with E-state index in [0.29, 0.717) is 18.0 Å². The number of halogens is 2. The molecule has 0 aliphatic carbocycles. The first-order valence-electron chi connectivity index (χ1n) is 8.37. The van der Waals surface area contributed by atoms with E-state index < -0.39 is 5.91 Å². The fourth-order valence-electron chi connectivity index (χ4n) is 2.70. The van der Waals surface area contributed by atoms with Crippen LogP contribution in [0.25, 0.3) is 10.9 Å². The van der Waals surface area contributed by atoms with E-state index >= 15 is 0 Å². The van der Waals surface area contributed by atoms with Gasteiger partial charge in [0.1, 0.15) is 0 Å². The second kappa shape index (κ2) is 8.84. The van der Waals surface area contributed by atoms with E-state index in [0.717, 1.165) is 16.5 Å². The molecular weight excluding hydrogens is 385 g/mol. The Morgan fingerprint density at radius 1 is 1.00 bits per heavy atom. The van der Waals surface area contributed by atoms with Crippen LogP contribution in [0.15, 0.2) is 54.7 Å². The highest BCUT2D eigenvalue weighted by atomic mass is 35.5. The third-order valence-electron chi connectivity index (χ3n) is 4.02. The number of pyridine rings is 1. The third-order valence-corrected chi connectivity index (χ3v) is 4.57. The lowest BCUT2D eigenvalue weighted by atomic mass is 10.1. The molecule has 138 valence electrons. The molecule has 0 saturated heterocycles. The largest absolute Gasteiger partial charge is 0.354 e. The Labute approximate surface area is 166 Å². The Morgan fingerprint density at radius 2 is 1.81 bits per heavy atom. The Balaban J connectivity index is 1.49. The van der Waals surface area contributed by atoms with Crippen LogP contribution in [0.1, 0.15) is 15.9 Å². The summed E-state index contributed by atoms with van der Waals surface area (Å²) in [5.74, 6) is -0.702. The minimum absolute atomic E-state index is 0.133. The third kappa shape index (κ3) is 4.96. The highest BCUT2D eigenvalue weighted by molar-refractivity contribution is 6.36. The van der Waals surface area contributed by atoms with E-state index in [4.69, 9.17) is 23.2 Å². The van der Waals surface area contributed by atoms with E-state index in [-0.39, 0.29) is 23.0 Å². The molecular formula is C20H17Cl2N3O2. The molecule has 2 aromatic carbocycles. The van der Waals surface area contributed by atoms with Crippen LogP contribution in [-0.4, -0.2) is 29.9 Å². The van der Waals surface area contributed by atoms with Crippen LogP contribution >= 0.6 is 23.2 Å². The van der Waals surface area contributed by atoms with Crippen molar-refractivity contribution in [3.05, 3.63) is 75.9 Å². The van der Waals surface area contributed by atoms with E-state index in [9.17, 15) is 9.59 Å². The van der Waals surface area contributed by atoms with Gasteiger partial charge in [-0.25, -0.2) is 0 Å². The van der Waals surface area contributed by atoms with Gasteiger partial charge in [0.05, 0.1) is 22.6 Å². The minimum atomic E-state index is -0.426. The molecule has 0 aliphatic rings. The van der Waals surface area contributed by atoms with Crippen molar-refractivity contribution in [2.75, 3.05) is 13.1 Å². The van der Waals surface area contributed by atoms with Crippen LogP contribution in [0, 0.1) is 0 Å². The number of para-hydroxylation sites is 1. The van der Waals surface area contributed by atoms with Crippen molar-refractivity contribution in [2.45, 2.75) is 6.42 Å². The predicted octanol–water partition coefficient (Wildman–Crippen LogP) is 3.63. The van der Waals surface area contributed by atoms with Crippen LogP contribution < -0.4 is 10.6 Å². The molecule has 0 unspecified atom stereocenters. The van der Waals surface area contributed by atoms with Crippen molar-refractivity contribution in [3.8, 4) is 0 Å². The highest BCUT2D eigenvalue weighted by Crippen LogP contribution is 2.20. The number of aromatic nitrogens is 1. The van der Waals surface area contributed by atoms with Crippen molar-refractivity contribution in [3.63, 3.8) is 0 Å². The van der Waals surface area contributed by atoms with Crippen molar-refractivity contribution in [1.82, 2.24) is 15.6 Å². The van der Waals surface area contributed by atoms with E-state index in [1.54, 1.807) is 12.3 Å². The van der Waals surface area contributed by atoms with Crippen molar-refractivity contribution < 1.29 is 9.59 Å². The van der Waals surface area contributed by atoms with Gasteiger partial charge in [0.25, 0.3) is 5.91 Å². The van der Waals surface area contributed by atoms with Gasteiger partial charge in [-0.15, -0.1) is 0 Å². The number of benzene rings is 2. The molecule has 0 spiro atoms. The average Bonchev–Trinajstić information content (AvgIpc) is 2.66. The Bertz CT molecular complexity index is 987. The maximum atomic E-state index is 12.1. The Hall–Kier alpha value is -2.63. The summed E-state index contributed by atoms with van der Waals surface area (Å²) in [6, 6.07) is 14.4. The van der Waals surface area contributed by atoms with E-state index in [2.05, 4.69) is 15.6 Å². The molecule has 0 saturated carbocycles. The van der Waals surface area contributed by atoms with Crippen LogP contribution in [0.3, 0.4) is 0 Å². The maximum Gasteiger partial charge on any atom is 0.253 e. The Morgan fingerprint density at radius 3 is 2.63 bits per heavy atom. The summed E-state index contributed by atoms with van der Waals surface area (Å²) in [7, 11) is 0. The van der Waals surface area contributed by atoms with Gasteiger partial charge < -0.3 is 10.6 Å². The maximum absolute atomic E-state index is 12.1. The standard InChI is InChI=1S/C20H17Cl2N3O2/c21-15-6-7-16(17(22)11-15)20(27)25-12-18(26)23-10-8-14-4-1-3-13-5-2-9-24-19(13)14/h1-7,9,11H,8,10,12H2,(H,23,26)(H,25,27). The summed E-state index contributed by atoms with van der Waals surface area (Å²) in [6.45, 7) is 0.317. The molecule has 1 heterocycles. The molecule has 0 radical (unpaired) electrons. The zero-order valence-corrected chi connectivity index (χ0v) is 15.8. The molecule has 2 N–H and O–H groups in total. The van der Waals surface area contributed by atoms with Gasteiger partial charge in [-0.05, 0) is 36.2 Å². The fraction of sp³-hybridized carbons (Fsp3) is 0.150. The summed E-state index contributed by atoms with van der Waals surface area (Å²) in [6.07, 6.45) is 2.40. The van der Waals surface area contributed by atoms with Gasteiger partial charge in [0, 0.05) is 23.2 Å². The number of carbonyl (C=O) groups is 2. The van der Waals surface area contributed by atoms with Crippen LogP contribution in [0.5, 0.6) is 0 Å². The molecule has 2 amide bonds. The number of hydrogen-bond donors (Lipinski definition) is 2. The second-order valence-electron chi connectivity index (χ2n) is 5.90. The topological polar surface area (TPSA) is 71.1 Å². The molecule has 0 fully saturated rings. The number of amides is 2. The number of hydrogen-bond acceptors (Lipinski definition) is 3. The summed E-state index contributed by atoms with van der Waals surface area (Å²) < 4.78 is 0. The lowest BCUT2D eigenvalue weighted by molar-refractivity contribution is -0.120. The highest BCUT2D eigenvalue weighted by Gasteiger charge is 2.12. The van der Waals surface area contributed by atoms with E-state index in [1.165, 1.54) is 12.1 Å².